The Morgan fingerprint density at radius 2 is 2.00 bits per heavy atom. The van der Waals surface area contributed by atoms with E-state index in [1.165, 1.54) is 0 Å². The first-order valence-electron chi connectivity index (χ1n) is 3.96. The van der Waals surface area contributed by atoms with E-state index in [4.69, 9.17) is 5.11 Å². The number of hydrogen-bond donors (Lipinski definition) is 1. The lowest BCUT2D eigenvalue weighted by molar-refractivity contribution is 0.215. The number of aliphatic hydroxyl groups is 1. The van der Waals surface area contributed by atoms with Crippen LogP contribution in [0.1, 0.15) is 25.2 Å². The molecule has 0 bridgehead atoms. The van der Waals surface area contributed by atoms with E-state index in [-0.39, 0.29) is 12.0 Å². The third kappa shape index (κ3) is 1.80. The molecule has 0 spiro atoms. The summed E-state index contributed by atoms with van der Waals surface area (Å²) >= 11 is 0. The first-order valence-corrected chi connectivity index (χ1v) is 3.96. The molecule has 1 rings (SSSR count). The lowest BCUT2D eigenvalue weighted by Gasteiger charge is -2.19. The quantitative estimate of drug-likeness (QED) is 0.714. The molecule has 0 saturated carbocycles. The molecular formula is C9H14N2O. The summed E-state index contributed by atoms with van der Waals surface area (Å²) in [6.45, 7) is 5.85. The van der Waals surface area contributed by atoms with Gasteiger partial charge in [0, 0.05) is 17.8 Å². The summed E-state index contributed by atoms with van der Waals surface area (Å²) < 4.78 is 0. The number of aromatic nitrogens is 2. The Balaban J connectivity index is 2.96. The van der Waals surface area contributed by atoms with Crippen molar-refractivity contribution in [3.63, 3.8) is 0 Å². The first-order chi connectivity index (χ1) is 5.56. The predicted octanol–water partition coefficient (Wildman–Crippen LogP) is 1.05. The second-order valence-electron chi connectivity index (χ2n) is 3.59. The fourth-order valence-electron chi connectivity index (χ4n) is 0.823. The summed E-state index contributed by atoms with van der Waals surface area (Å²) in [5.41, 5.74) is 1.43. The molecule has 1 N–H and O–H groups in total. The van der Waals surface area contributed by atoms with Gasteiger partial charge < -0.3 is 5.11 Å². The number of nitrogens with zero attached hydrogens (tertiary/aromatic N) is 2. The van der Waals surface area contributed by atoms with E-state index in [9.17, 15) is 0 Å². The second kappa shape index (κ2) is 3.19. The summed E-state index contributed by atoms with van der Waals surface area (Å²) in [6.07, 6.45) is 3.43. The minimum atomic E-state index is -0.291. The van der Waals surface area contributed by atoms with Crippen LogP contribution in [0.4, 0.5) is 0 Å². The summed E-state index contributed by atoms with van der Waals surface area (Å²) in [7, 11) is 0. The molecule has 0 unspecified atom stereocenters. The molecule has 0 amide bonds. The maximum absolute atomic E-state index is 9.05. The van der Waals surface area contributed by atoms with E-state index in [1.54, 1.807) is 12.4 Å². The molecule has 0 fully saturated rings. The highest BCUT2D eigenvalue weighted by Gasteiger charge is 2.20. The van der Waals surface area contributed by atoms with Crippen molar-refractivity contribution in [1.29, 1.82) is 0 Å². The molecule has 12 heavy (non-hydrogen) atoms. The standard InChI is InChI=1S/C9H14N2O/c1-7-4-11-8(5-10-7)9(2,3)6-12/h4-5,12H,6H2,1-3H3. The van der Waals surface area contributed by atoms with Gasteiger partial charge in [-0.3, -0.25) is 9.97 Å². The van der Waals surface area contributed by atoms with Gasteiger partial charge in [0.15, 0.2) is 0 Å². The highest BCUT2D eigenvalue weighted by molar-refractivity contribution is 5.11. The number of hydrogen-bond acceptors (Lipinski definition) is 3. The van der Waals surface area contributed by atoms with Crippen LogP contribution in [-0.4, -0.2) is 21.7 Å². The van der Waals surface area contributed by atoms with Gasteiger partial charge in [0.1, 0.15) is 0 Å². The summed E-state index contributed by atoms with van der Waals surface area (Å²) in [6, 6.07) is 0. The lowest BCUT2D eigenvalue weighted by atomic mass is 9.91. The Morgan fingerprint density at radius 1 is 1.33 bits per heavy atom. The second-order valence-corrected chi connectivity index (χ2v) is 3.59. The first kappa shape index (κ1) is 9.13. The van der Waals surface area contributed by atoms with Gasteiger partial charge in [0.25, 0.3) is 0 Å². The smallest absolute Gasteiger partial charge is 0.0665 e. The van der Waals surface area contributed by atoms with Crippen molar-refractivity contribution in [1.82, 2.24) is 9.97 Å². The van der Waals surface area contributed by atoms with Crippen LogP contribution in [0.5, 0.6) is 0 Å². The fraction of sp³-hybridized carbons (Fsp3) is 0.556. The van der Waals surface area contributed by atoms with Crippen molar-refractivity contribution in [2.24, 2.45) is 0 Å². The molecule has 0 aliphatic carbocycles. The Kier molecular flexibility index (Phi) is 2.43. The molecule has 0 atom stereocenters. The third-order valence-electron chi connectivity index (χ3n) is 1.87. The fourth-order valence-corrected chi connectivity index (χ4v) is 0.823. The van der Waals surface area contributed by atoms with Crippen LogP contribution in [0.15, 0.2) is 12.4 Å². The van der Waals surface area contributed by atoms with E-state index in [0.717, 1.165) is 11.4 Å². The summed E-state index contributed by atoms with van der Waals surface area (Å²) in [5.74, 6) is 0. The van der Waals surface area contributed by atoms with Crippen molar-refractivity contribution in [2.75, 3.05) is 6.61 Å². The van der Waals surface area contributed by atoms with Gasteiger partial charge in [0.05, 0.1) is 18.0 Å². The average molecular weight is 166 g/mol. The van der Waals surface area contributed by atoms with E-state index in [1.807, 2.05) is 20.8 Å². The molecule has 3 heteroatoms. The Labute approximate surface area is 72.5 Å². The molecule has 0 saturated heterocycles. The number of aryl methyl sites for hydroxylation is 1. The van der Waals surface area contributed by atoms with Crippen molar-refractivity contribution in [2.45, 2.75) is 26.2 Å². The van der Waals surface area contributed by atoms with Crippen LogP contribution in [0.25, 0.3) is 0 Å². The Bertz CT molecular complexity index is 254. The summed E-state index contributed by atoms with van der Waals surface area (Å²) in [5, 5.41) is 9.05. The molecule has 0 aromatic carbocycles. The topological polar surface area (TPSA) is 46.0 Å². The van der Waals surface area contributed by atoms with Crippen molar-refractivity contribution >= 4 is 0 Å². The Hall–Kier alpha value is -0.960. The van der Waals surface area contributed by atoms with E-state index in [2.05, 4.69) is 9.97 Å². The number of aliphatic hydroxyl groups excluding tert-OH is 1. The molecule has 1 heterocycles. The monoisotopic (exact) mass is 166 g/mol. The van der Waals surface area contributed by atoms with Gasteiger partial charge in [-0.25, -0.2) is 0 Å². The predicted molar refractivity (Wildman–Crippen MR) is 46.9 cm³/mol. The minimum Gasteiger partial charge on any atom is -0.395 e. The van der Waals surface area contributed by atoms with Crippen LogP contribution in [0.2, 0.25) is 0 Å². The molecule has 66 valence electrons. The summed E-state index contributed by atoms with van der Waals surface area (Å²) in [4.78, 5) is 8.32. The highest BCUT2D eigenvalue weighted by atomic mass is 16.3. The lowest BCUT2D eigenvalue weighted by Crippen LogP contribution is -2.23. The van der Waals surface area contributed by atoms with Crippen LogP contribution >= 0.6 is 0 Å². The van der Waals surface area contributed by atoms with Gasteiger partial charge in [-0.05, 0) is 6.92 Å². The number of rotatable bonds is 2. The van der Waals surface area contributed by atoms with E-state index >= 15 is 0 Å². The van der Waals surface area contributed by atoms with E-state index < -0.39 is 0 Å². The van der Waals surface area contributed by atoms with Gasteiger partial charge in [-0.15, -0.1) is 0 Å². The zero-order chi connectivity index (χ0) is 9.19. The van der Waals surface area contributed by atoms with E-state index in [0.29, 0.717) is 0 Å². The van der Waals surface area contributed by atoms with Crippen LogP contribution in [-0.2, 0) is 5.41 Å². The SMILES string of the molecule is Cc1cnc(C(C)(C)CO)cn1. The zero-order valence-corrected chi connectivity index (χ0v) is 7.70. The molecular weight excluding hydrogens is 152 g/mol. The molecule has 0 aliphatic heterocycles. The maximum atomic E-state index is 9.05. The van der Waals surface area contributed by atoms with Crippen LogP contribution in [0, 0.1) is 6.92 Å². The average Bonchev–Trinajstić information content (AvgIpc) is 2.05. The Morgan fingerprint density at radius 3 is 2.42 bits per heavy atom. The van der Waals surface area contributed by atoms with Gasteiger partial charge in [0.2, 0.25) is 0 Å². The molecule has 1 aromatic rings. The van der Waals surface area contributed by atoms with Gasteiger partial charge >= 0.3 is 0 Å². The highest BCUT2D eigenvalue weighted by Crippen LogP contribution is 2.18. The van der Waals surface area contributed by atoms with Crippen molar-refractivity contribution < 1.29 is 5.11 Å². The molecule has 0 radical (unpaired) electrons. The largest absolute Gasteiger partial charge is 0.395 e. The molecule has 3 nitrogen and oxygen atoms in total. The molecule has 0 aliphatic rings. The van der Waals surface area contributed by atoms with Crippen molar-refractivity contribution in [3.8, 4) is 0 Å². The maximum Gasteiger partial charge on any atom is 0.0665 e. The van der Waals surface area contributed by atoms with Crippen LogP contribution < -0.4 is 0 Å². The third-order valence-corrected chi connectivity index (χ3v) is 1.87. The van der Waals surface area contributed by atoms with Crippen LogP contribution in [0.3, 0.4) is 0 Å². The zero-order valence-electron chi connectivity index (χ0n) is 7.70. The molecule has 1 aromatic heterocycles. The van der Waals surface area contributed by atoms with Gasteiger partial charge in [-0.2, -0.15) is 0 Å². The normalized spacial score (nSPS) is 11.7. The van der Waals surface area contributed by atoms with Gasteiger partial charge in [-0.1, -0.05) is 13.8 Å². The minimum absolute atomic E-state index is 0.0880. The van der Waals surface area contributed by atoms with Crippen molar-refractivity contribution in [3.05, 3.63) is 23.8 Å².